The molecule has 0 bridgehead atoms. The molecule has 3 aromatic rings. The summed E-state index contributed by atoms with van der Waals surface area (Å²) in [5.41, 5.74) is 5.13. The fourth-order valence-electron chi connectivity index (χ4n) is 4.58. The second-order valence-electron chi connectivity index (χ2n) is 7.61. The number of hydrogen-bond donors (Lipinski definition) is 1. The van der Waals surface area contributed by atoms with Crippen LogP contribution in [0.3, 0.4) is 0 Å². The van der Waals surface area contributed by atoms with Gasteiger partial charge in [0.1, 0.15) is 17.4 Å². The van der Waals surface area contributed by atoms with Crippen molar-refractivity contribution in [2.75, 3.05) is 12.4 Å². The van der Waals surface area contributed by atoms with Gasteiger partial charge in [-0.05, 0) is 43.2 Å². The minimum Gasteiger partial charge on any atom is -0.497 e. The number of carbonyl (C=O) groups is 1. The van der Waals surface area contributed by atoms with Crippen LogP contribution in [0.4, 0.5) is 5.82 Å². The highest BCUT2D eigenvalue weighted by Crippen LogP contribution is 2.48. The second kappa shape index (κ2) is 6.92. The van der Waals surface area contributed by atoms with Crippen LogP contribution in [0.1, 0.15) is 35.6 Å². The lowest BCUT2D eigenvalue weighted by Gasteiger charge is -2.36. The molecular formula is C24H23N3O2. The molecule has 0 saturated heterocycles. The number of allylic oxidation sites excluding steroid dienone is 2. The van der Waals surface area contributed by atoms with Gasteiger partial charge in [-0.1, -0.05) is 36.4 Å². The van der Waals surface area contributed by atoms with Gasteiger partial charge in [0.05, 0.1) is 24.4 Å². The number of nitrogens with zero attached hydrogens (tertiary/aromatic N) is 2. The number of ether oxygens (including phenoxy) is 1. The number of carbonyl (C=O) groups excluding carboxylic acids is 1. The van der Waals surface area contributed by atoms with E-state index in [1.54, 1.807) is 7.11 Å². The number of ketones is 1. The number of nitrogens with one attached hydrogen (secondary N) is 1. The second-order valence-corrected chi connectivity index (χ2v) is 7.61. The Bertz CT molecular complexity index is 1100. The summed E-state index contributed by atoms with van der Waals surface area (Å²) in [7, 11) is 1.66. The average Bonchev–Trinajstić information content (AvgIpc) is 3.09. The summed E-state index contributed by atoms with van der Waals surface area (Å²) >= 11 is 0. The maximum Gasteiger partial charge on any atom is 0.143 e. The van der Waals surface area contributed by atoms with Gasteiger partial charge in [0, 0.05) is 23.6 Å². The molecule has 0 fully saturated rings. The van der Waals surface area contributed by atoms with E-state index in [2.05, 4.69) is 23.5 Å². The van der Waals surface area contributed by atoms with Gasteiger partial charge in [0.2, 0.25) is 0 Å². The number of benzene rings is 2. The minimum absolute atomic E-state index is 0.0614. The third-order valence-corrected chi connectivity index (χ3v) is 5.93. The van der Waals surface area contributed by atoms with Crippen LogP contribution in [0, 0.1) is 12.8 Å². The predicted molar refractivity (Wildman–Crippen MR) is 113 cm³/mol. The summed E-state index contributed by atoms with van der Waals surface area (Å²) in [6, 6.07) is 18.2. The molecule has 5 heteroatoms. The van der Waals surface area contributed by atoms with Crippen molar-refractivity contribution in [3.05, 3.63) is 83.2 Å². The smallest absolute Gasteiger partial charge is 0.143 e. The molecule has 5 nitrogen and oxygen atoms in total. The zero-order valence-electron chi connectivity index (χ0n) is 16.6. The first-order valence-corrected chi connectivity index (χ1v) is 9.96. The summed E-state index contributed by atoms with van der Waals surface area (Å²) in [5.74, 6) is 1.79. The Balaban J connectivity index is 1.72. The van der Waals surface area contributed by atoms with Gasteiger partial charge in [-0.2, -0.15) is 5.10 Å². The Labute approximate surface area is 170 Å². The van der Waals surface area contributed by atoms with Crippen molar-refractivity contribution in [1.29, 1.82) is 0 Å². The van der Waals surface area contributed by atoms with Gasteiger partial charge in [-0.25, -0.2) is 4.68 Å². The molecule has 1 aliphatic carbocycles. The Hall–Kier alpha value is -3.34. The van der Waals surface area contributed by atoms with Crippen molar-refractivity contribution in [3.63, 3.8) is 0 Å². The van der Waals surface area contributed by atoms with E-state index in [-0.39, 0.29) is 17.6 Å². The molecule has 29 heavy (non-hydrogen) atoms. The first-order valence-electron chi connectivity index (χ1n) is 9.96. The molecule has 0 spiro atoms. The Morgan fingerprint density at radius 3 is 2.55 bits per heavy atom. The highest BCUT2D eigenvalue weighted by molar-refractivity contribution is 5.89. The van der Waals surface area contributed by atoms with Gasteiger partial charge in [0.25, 0.3) is 0 Å². The molecule has 2 atom stereocenters. The maximum atomic E-state index is 13.0. The van der Waals surface area contributed by atoms with E-state index in [0.29, 0.717) is 6.42 Å². The third kappa shape index (κ3) is 2.85. The SMILES string of the molecule is COc1ccc([C@H]2c3c(C)nn(-c4ccccc4)c3NC3=CCCC(=O)[C@@H]32)cc1. The van der Waals surface area contributed by atoms with Crippen LogP contribution in [-0.4, -0.2) is 22.7 Å². The minimum atomic E-state index is -0.197. The zero-order chi connectivity index (χ0) is 20.0. The summed E-state index contributed by atoms with van der Waals surface area (Å²) in [5, 5.41) is 8.40. The molecule has 0 amide bonds. The molecule has 1 N–H and O–H groups in total. The summed E-state index contributed by atoms with van der Waals surface area (Å²) in [6.45, 7) is 2.03. The largest absolute Gasteiger partial charge is 0.497 e. The molecule has 0 saturated carbocycles. The van der Waals surface area contributed by atoms with E-state index in [9.17, 15) is 4.79 Å². The van der Waals surface area contributed by atoms with E-state index < -0.39 is 0 Å². The highest BCUT2D eigenvalue weighted by atomic mass is 16.5. The molecular weight excluding hydrogens is 362 g/mol. The lowest BCUT2D eigenvalue weighted by atomic mass is 9.72. The third-order valence-electron chi connectivity index (χ3n) is 5.93. The van der Waals surface area contributed by atoms with Crippen molar-refractivity contribution in [3.8, 4) is 11.4 Å². The van der Waals surface area contributed by atoms with E-state index in [4.69, 9.17) is 9.84 Å². The molecule has 1 aliphatic heterocycles. The van der Waals surface area contributed by atoms with Crippen molar-refractivity contribution in [1.82, 2.24) is 9.78 Å². The van der Waals surface area contributed by atoms with Crippen LogP contribution in [0.2, 0.25) is 0 Å². The topological polar surface area (TPSA) is 56.1 Å². The van der Waals surface area contributed by atoms with Crippen LogP contribution in [0.25, 0.3) is 5.69 Å². The van der Waals surface area contributed by atoms with E-state index in [1.165, 1.54) is 0 Å². The van der Waals surface area contributed by atoms with Gasteiger partial charge in [0.15, 0.2) is 0 Å². The first kappa shape index (κ1) is 17.7. The summed E-state index contributed by atoms with van der Waals surface area (Å²) < 4.78 is 7.29. The number of para-hydroxylation sites is 1. The number of anilines is 1. The monoisotopic (exact) mass is 385 g/mol. The Kier molecular flexibility index (Phi) is 4.23. The van der Waals surface area contributed by atoms with E-state index in [1.807, 2.05) is 54.1 Å². The molecule has 146 valence electrons. The molecule has 5 rings (SSSR count). The van der Waals surface area contributed by atoms with Crippen molar-refractivity contribution >= 4 is 11.6 Å². The van der Waals surface area contributed by atoms with Crippen LogP contribution < -0.4 is 10.1 Å². The number of hydrogen-bond acceptors (Lipinski definition) is 4. The number of aryl methyl sites for hydroxylation is 1. The van der Waals surface area contributed by atoms with Gasteiger partial charge < -0.3 is 10.1 Å². The average molecular weight is 385 g/mol. The normalized spacial score (nSPS) is 20.3. The number of methoxy groups -OCH3 is 1. The number of Topliss-reactive ketones (excluding diaryl/α,β-unsaturated/α-hetero) is 1. The number of fused-ring (bicyclic) bond motifs is 2. The van der Waals surface area contributed by atoms with E-state index in [0.717, 1.165) is 46.2 Å². The molecule has 2 heterocycles. The number of rotatable bonds is 3. The van der Waals surface area contributed by atoms with Gasteiger partial charge in [-0.3, -0.25) is 4.79 Å². The summed E-state index contributed by atoms with van der Waals surface area (Å²) in [4.78, 5) is 13.0. The Morgan fingerprint density at radius 2 is 1.83 bits per heavy atom. The standard InChI is InChI=1S/C24H23N3O2/c1-15-21-22(16-11-13-18(29-2)14-12-16)23-19(9-6-10-20(23)28)25-24(21)27(26-15)17-7-4-3-5-8-17/h3-5,7-9,11-14,22-23,25H,6,10H2,1-2H3/t22-,23+/m0/s1. The molecule has 2 aliphatic rings. The lowest BCUT2D eigenvalue weighted by molar-refractivity contribution is -0.122. The van der Waals surface area contributed by atoms with Crippen LogP contribution in [0.5, 0.6) is 5.75 Å². The fraction of sp³-hybridized carbons (Fsp3) is 0.250. The lowest BCUT2D eigenvalue weighted by Crippen LogP contribution is -2.35. The van der Waals surface area contributed by atoms with Gasteiger partial charge in [-0.15, -0.1) is 0 Å². The maximum absolute atomic E-state index is 13.0. The fourth-order valence-corrected chi connectivity index (χ4v) is 4.58. The molecule has 0 radical (unpaired) electrons. The van der Waals surface area contributed by atoms with Crippen LogP contribution in [0.15, 0.2) is 66.4 Å². The molecule has 0 unspecified atom stereocenters. The summed E-state index contributed by atoms with van der Waals surface area (Å²) in [6.07, 6.45) is 3.54. The molecule has 1 aromatic heterocycles. The quantitative estimate of drug-likeness (QED) is 0.715. The highest BCUT2D eigenvalue weighted by Gasteiger charge is 2.42. The van der Waals surface area contributed by atoms with Crippen LogP contribution >= 0.6 is 0 Å². The molecule has 2 aromatic carbocycles. The Morgan fingerprint density at radius 1 is 1.07 bits per heavy atom. The van der Waals surface area contributed by atoms with E-state index >= 15 is 0 Å². The van der Waals surface area contributed by atoms with Crippen LogP contribution in [-0.2, 0) is 4.79 Å². The zero-order valence-corrected chi connectivity index (χ0v) is 16.6. The van der Waals surface area contributed by atoms with Crippen molar-refractivity contribution in [2.24, 2.45) is 5.92 Å². The van der Waals surface area contributed by atoms with Crippen molar-refractivity contribution in [2.45, 2.75) is 25.7 Å². The van der Waals surface area contributed by atoms with Gasteiger partial charge >= 0.3 is 0 Å². The van der Waals surface area contributed by atoms with Crippen molar-refractivity contribution < 1.29 is 9.53 Å². The number of aromatic nitrogens is 2. The predicted octanol–water partition coefficient (Wildman–Crippen LogP) is 4.61. The first-order chi connectivity index (χ1) is 14.2.